The van der Waals surface area contributed by atoms with Gasteiger partial charge in [-0.05, 0) is 6.42 Å². The van der Waals surface area contributed by atoms with Gasteiger partial charge in [-0.25, -0.2) is 0 Å². The molecule has 1 rings (SSSR count). The smallest absolute Gasteiger partial charge is 0.325 e. The fraction of sp³-hybridized carbons (Fsp3) is 0.400. The van der Waals surface area contributed by atoms with E-state index in [1.807, 2.05) is 0 Å². The molecule has 0 aliphatic rings. The number of rotatable bonds is 7. The molecule has 1 aromatic heterocycles. The average Bonchev–Trinajstić information content (AvgIpc) is 2.72. The summed E-state index contributed by atoms with van der Waals surface area (Å²) in [6.07, 6.45) is 2.44. The van der Waals surface area contributed by atoms with E-state index in [-0.39, 0.29) is 19.4 Å². The highest BCUT2D eigenvalue weighted by Gasteiger charge is 2.15. The quantitative estimate of drug-likeness (QED) is 0.501. The molecule has 1 atom stereocenters. The Kier molecular flexibility index (Phi) is 5.01. The summed E-state index contributed by atoms with van der Waals surface area (Å²) in [6.45, 7) is -0.319. The molecule has 104 valence electrons. The van der Waals surface area contributed by atoms with Crippen LogP contribution in [0.15, 0.2) is 12.4 Å². The van der Waals surface area contributed by atoms with Crippen LogP contribution in [0.5, 0.6) is 0 Å². The van der Waals surface area contributed by atoms with Gasteiger partial charge in [0.1, 0.15) is 6.54 Å². The Bertz CT molecular complexity index is 484. The molecule has 19 heavy (non-hydrogen) atoms. The van der Waals surface area contributed by atoms with Gasteiger partial charge in [-0.3, -0.25) is 19.1 Å². The molecule has 1 amide bonds. The summed E-state index contributed by atoms with van der Waals surface area (Å²) in [6, 6.07) is -0.945. The van der Waals surface area contributed by atoms with Crippen molar-refractivity contribution in [1.82, 2.24) is 9.78 Å². The third-order valence-corrected chi connectivity index (χ3v) is 2.20. The van der Waals surface area contributed by atoms with Crippen LogP contribution in [0.1, 0.15) is 12.8 Å². The SMILES string of the molecule is NC(CCC(=O)O)C(=O)Nc1cnn(CC(=O)O)c1. The fourth-order valence-electron chi connectivity index (χ4n) is 1.30. The number of carbonyl (C=O) groups excluding carboxylic acids is 1. The number of carbonyl (C=O) groups is 3. The first-order chi connectivity index (χ1) is 8.88. The second-order valence-corrected chi connectivity index (χ2v) is 3.85. The number of carboxylic acid groups (broad SMARTS) is 2. The van der Waals surface area contributed by atoms with Gasteiger partial charge in [-0.2, -0.15) is 5.10 Å². The van der Waals surface area contributed by atoms with E-state index in [1.54, 1.807) is 0 Å². The number of amides is 1. The maximum absolute atomic E-state index is 11.6. The molecular weight excluding hydrogens is 256 g/mol. The van der Waals surface area contributed by atoms with Crippen molar-refractivity contribution in [1.29, 1.82) is 0 Å². The standard InChI is InChI=1S/C10H14N4O5/c11-7(1-2-8(15)16)10(19)13-6-3-12-14(4-6)5-9(17)18/h3-4,7H,1-2,5,11H2,(H,13,19)(H,15,16)(H,17,18). The van der Waals surface area contributed by atoms with Gasteiger partial charge in [0.25, 0.3) is 0 Å². The molecule has 9 heteroatoms. The summed E-state index contributed by atoms with van der Waals surface area (Å²) >= 11 is 0. The van der Waals surface area contributed by atoms with E-state index in [9.17, 15) is 14.4 Å². The van der Waals surface area contributed by atoms with Crippen LogP contribution in [0.25, 0.3) is 0 Å². The van der Waals surface area contributed by atoms with Crippen LogP contribution in [0.3, 0.4) is 0 Å². The number of nitrogens with one attached hydrogen (secondary N) is 1. The first-order valence-electron chi connectivity index (χ1n) is 5.41. The van der Waals surface area contributed by atoms with E-state index < -0.39 is 23.9 Å². The van der Waals surface area contributed by atoms with Gasteiger partial charge in [0, 0.05) is 12.6 Å². The summed E-state index contributed by atoms with van der Waals surface area (Å²) in [5.74, 6) is -2.63. The highest BCUT2D eigenvalue weighted by molar-refractivity contribution is 5.94. The van der Waals surface area contributed by atoms with Crippen molar-refractivity contribution in [2.24, 2.45) is 5.73 Å². The maximum atomic E-state index is 11.6. The Hall–Kier alpha value is -2.42. The minimum absolute atomic E-state index is 0.0183. The molecule has 5 N–H and O–H groups in total. The number of hydrogen-bond acceptors (Lipinski definition) is 5. The van der Waals surface area contributed by atoms with Gasteiger partial charge in [0.05, 0.1) is 17.9 Å². The molecule has 0 fully saturated rings. The highest BCUT2D eigenvalue weighted by atomic mass is 16.4. The zero-order chi connectivity index (χ0) is 14.4. The third kappa shape index (κ3) is 5.17. The van der Waals surface area contributed by atoms with Crippen molar-refractivity contribution in [3.05, 3.63) is 12.4 Å². The second kappa shape index (κ2) is 6.50. The first-order valence-corrected chi connectivity index (χ1v) is 5.41. The van der Waals surface area contributed by atoms with Crippen molar-refractivity contribution in [2.75, 3.05) is 5.32 Å². The molecule has 1 aromatic rings. The lowest BCUT2D eigenvalue weighted by Crippen LogP contribution is -2.35. The van der Waals surface area contributed by atoms with Gasteiger partial charge in [0.2, 0.25) is 5.91 Å². The largest absolute Gasteiger partial charge is 0.481 e. The van der Waals surface area contributed by atoms with Crippen LogP contribution in [0.4, 0.5) is 5.69 Å². The Labute approximate surface area is 108 Å². The maximum Gasteiger partial charge on any atom is 0.325 e. The van der Waals surface area contributed by atoms with Crippen molar-refractivity contribution in [2.45, 2.75) is 25.4 Å². The van der Waals surface area contributed by atoms with Gasteiger partial charge in [-0.15, -0.1) is 0 Å². The van der Waals surface area contributed by atoms with E-state index in [0.29, 0.717) is 5.69 Å². The molecule has 0 saturated carbocycles. The first kappa shape index (κ1) is 14.6. The van der Waals surface area contributed by atoms with E-state index >= 15 is 0 Å². The van der Waals surface area contributed by atoms with Crippen LogP contribution < -0.4 is 11.1 Å². The molecule has 0 radical (unpaired) electrons. The molecule has 0 aliphatic carbocycles. The number of anilines is 1. The van der Waals surface area contributed by atoms with Gasteiger partial charge >= 0.3 is 11.9 Å². The fourth-order valence-corrected chi connectivity index (χ4v) is 1.30. The topological polar surface area (TPSA) is 148 Å². The zero-order valence-electron chi connectivity index (χ0n) is 9.94. The molecule has 0 aliphatic heterocycles. The van der Waals surface area contributed by atoms with Gasteiger partial charge in [0.15, 0.2) is 0 Å². The molecule has 1 unspecified atom stereocenters. The second-order valence-electron chi connectivity index (χ2n) is 3.85. The van der Waals surface area contributed by atoms with Crippen LogP contribution in [-0.2, 0) is 20.9 Å². The molecule has 0 aromatic carbocycles. The predicted molar refractivity (Wildman–Crippen MR) is 63.3 cm³/mol. The number of nitrogens with two attached hydrogens (primary N) is 1. The van der Waals surface area contributed by atoms with E-state index in [4.69, 9.17) is 15.9 Å². The average molecular weight is 270 g/mol. The predicted octanol–water partition coefficient (Wildman–Crippen LogP) is -0.902. The van der Waals surface area contributed by atoms with Gasteiger partial charge < -0.3 is 21.3 Å². The molecule has 0 bridgehead atoms. The van der Waals surface area contributed by atoms with Crippen molar-refractivity contribution >= 4 is 23.5 Å². The Morgan fingerprint density at radius 1 is 1.37 bits per heavy atom. The van der Waals surface area contributed by atoms with E-state index in [1.165, 1.54) is 12.4 Å². The van der Waals surface area contributed by atoms with Crippen LogP contribution in [0.2, 0.25) is 0 Å². The lowest BCUT2D eigenvalue weighted by molar-refractivity contribution is -0.138. The van der Waals surface area contributed by atoms with Crippen molar-refractivity contribution in [3.63, 3.8) is 0 Å². The normalized spacial score (nSPS) is 11.8. The summed E-state index contributed by atoms with van der Waals surface area (Å²) in [7, 11) is 0. The number of aliphatic carboxylic acids is 2. The summed E-state index contributed by atoms with van der Waals surface area (Å²) in [4.78, 5) is 32.3. The number of aromatic nitrogens is 2. The molecule has 1 heterocycles. The van der Waals surface area contributed by atoms with Crippen molar-refractivity contribution in [3.8, 4) is 0 Å². The molecule has 0 saturated heterocycles. The van der Waals surface area contributed by atoms with Crippen LogP contribution >= 0.6 is 0 Å². The summed E-state index contributed by atoms with van der Waals surface area (Å²) < 4.78 is 1.14. The van der Waals surface area contributed by atoms with Crippen LogP contribution in [-0.4, -0.2) is 43.9 Å². The van der Waals surface area contributed by atoms with Crippen LogP contribution in [0, 0.1) is 0 Å². The lowest BCUT2D eigenvalue weighted by Gasteiger charge is -2.09. The Balaban J connectivity index is 2.49. The van der Waals surface area contributed by atoms with E-state index in [0.717, 1.165) is 4.68 Å². The zero-order valence-corrected chi connectivity index (χ0v) is 9.94. The van der Waals surface area contributed by atoms with Crippen molar-refractivity contribution < 1.29 is 24.6 Å². The minimum atomic E-state index is -1.06. The monoisotopic (exact) mass is 270 g/mol. The Morgan fingerprint density at radius 3 is 2.63 bits per heavy atom. The van der Waals surface area contributed by atoms with E-state index in [2.05, 4.69) is 10.4 Å². The molecular formula is C10H14N4O5. The minimum Gasteiger partial charge on any atom is -0.481 e. The van der Waals surface area contributed by atoms with Gasteiger partial charge in [-0.1, -0.05) is 0 Å². The molecule has 0 spiro atoms. The number of nitrogens with zero attached hydrogens (tertiary/aromatic N) is 2. The summed E-state index contributed by atoms with van der Waals surface area (Å²) in [5.41, 5.74) is 5.81. The lowest BCUT2D eigenvalue weighted by atomic mass is 10.1. The number of carboxylic acids is 2. The number of hydrogen-bond donors (Lipinski definition) is 4. The molecule has 9 nitrogen and oxygen atoms in total. The third-order valence-electron chi connectivity index (χ3n) is 2.20. The Morgan fingerprint density at radius 2 is 2.05 bits per heavy atom. The highest BCUT2D eigenvalue weighted by Crippen LogP contribution is 2.06. The summed E-state index contributed by atoms with van der Waals surface area (Å²) in [5, 5.41) is 23.2.